The molecular weight excluding hydrogens is 352 g/mol. The number of unbranched alkanes of at least 4 members (excludes halogenated alkanes) is 2. The fourth-order valence-electron chi connectivity index (χ4n) is 3.20. The molecule has 0 atom stereocenters. The van der Waals surface area contributed by atoms with Gasteiger partial charge >= 0.3 is 0 Å². The second-order valence-corrected chi connectivity index (χ2v) is 8.04. The van der Waals surface area contributed by atoms with E-state index in [9.17, 15) is 0 Å². The third kappa shape index (κ3) is 5.05. The van der Waals surface area contributed by atoms with Gasteiger partial charge < -0.3 is 11.1 Å². The largest absolute Gasteiger partial charge is 0.384 e. The topological polar surface area (TPSA) is 54.0 Å². The zero-order chi connectivity index (χ0) is 19.1. The van der Waals surface area contributed by atoms with Crippen LogP contribution in [0.3, 0.4) is 0 Å². The molecule has 2 aliphatic rings. The van der Waals surface area contributed by atoms with E-state index < -0.39 is 0 Å². The summed E-state index contributed by atoms with van der Waals surface area (Å²) >= 11 is 1.82. The van der Waals surface area contributed by atoms with Crippen molar-refractivity contribution >= 4 is 27.2 Å². The minimum Gasteiger partial charge on any atom is -0.384 e. The van der Waals surface area contributed by atoms with Crippen molar-refractivity contribution in [2.75, 3.05) is 31.5 Å². The molecule has 1 aliphatic carbocycles. The van der Waals surface area contributed by atoms with Crippen LogP contribution in [0.15, 0.2) is 36.4 Å². The summed E-state index contributed by atoms with van der Waals surface area (Å²) in [6.45, 7) is 8.18. The predicted octanol–water partition coefficient (Wildman–Crippen LogP) is 4.14. The van der Waals surface area contributed by atoms with Crippen molar-refractivity contribution in [3.63, 3.8) is 0 Å². The second-order valence-electron chi connectivity index (χ2n) is 6.96. The van der Waals surface area contributed by atoms with Crippen LogP contribution in [0.2, 0.25) is 0 Å². The average molecular weight is 384 g/mol. The maximum absolute atomic E-state index is 5.60. The Morgan fingerprint density at radius 3 is 2.52 bits per heavy atom. The number of hydrogen-bond donors (Lipinski definition) is 2. The number of aromatic nitrogens is 1. The summed E-state index contributed by atoms with van der Waals surface area (Å²) in [4.78, 5) is 6.11. The molecule has 0 amide bonds. The summed E-state index contributed by atoms with van der Waals surface area (Å²) in [7, 11) is 0. The Morgan fingerprint density at radius 2 is 1.81 bits per heavy atom. The fraction of sp³-hybridized carbons (Fsp3) is 0.455. The Bertz CT molecular complexity index is 906. The molecule has 4 nitrogen and oxygen atoms in total. The minimum absolute atomic E-state index is 0.631. The van der Waals surface area contributed by atoms with Gasteiger partial charge in [0.15, 0.2) is 0 Å². The lowest BCUT2D eigenvalue weighted by molar-refractivity contribution is 0.525. The third-order valence-electron chi connectivity index (χ3n) is 4.77. The van der Waals surface area contributed by atoms with Gasteiger partial charge in [0, 0.05) is 43.8 Å². The van der Waals surface area contributed by atoms with E-state index in [0.29, 0.717) is 6.54 Å². The number of nitrogens with zero attached hydrogens (tertiary/aromatic N) is 2. The Kier molecular flexibility index (Phi) is 7.18. The number of benzene rings is 2. The number of nitrogens with two attached hydrogens (primary N) is 1. The zero-order valence-corrected chi connectivity index (χ0v) is 17.3. The van der Waals surface area contributed by atoms with Crippen molar-refractivity contribution in [2.45, 2.75) is 39.5 Å². The van der Waals surface area contributed by atoms with Crippen molar-refractivity contribution in [2.24, 2.45) is 5.73 Å². The Hall–Kier alpha value is -1.98. The van der Waals surface area contributed by atoms with Crippen LogP contribution < -0.4 is 21.0 Å². The van der Waals surface area contributed by atoms with Gasteiger partial charge in [0.1, 0.15) is 13.1 Å². The van der Waals surface area contributed by atoms with Crippen LogP contribution in [0.5, 0.6) is 0 Å². The lowest BCUT2D eigenvalue weighted by atomic mass is 10.2. The first-order chi connectivity index (χ1) is 13.2. The lowest BCUT2D eigenvalue weighted by Crippen LogP contribution is -2.31. The average Bonchev–Trinajstić information content (AvgIpc) is 2.70. The smallest absolute Gasteiger partial charge is 0.201 e. The molecule has 0 aromatic heterocycles. The SMILES string of the molecule is CCCC[N+](CCCC)=c1ccc2nc3ccc(NCCN)cc3sc-2c1. The van der Waals surface area contributed by atoms with Crippen molar-refractivity contribution in [3.8, 4) is 10.6 Å². The Morgan fingerprint density at radius 1 is 1.04 bits per heavy atom. The van der Waals surface area contributed by atoms with Gasteiger partial charge in [0.25, 0.3) is 0 Å². The number of fused-ring (bicyclic) bond motifs is 2. The normalized spacial score (nSPS) is 11.2. The summed E-state index contributed by atoms with van der Waals surface area (Å²) in [5, 5.41) is 4.67. The van der Waals surface area contributed by atoms with Gasteiger partial charge in [-0.2, -0.15) is 0 Å². The maximum atomic E-state index is 5.60. The summed E-state index contributed by atoms with van der Waals surface area (Å²) < 4.78 is 3.73. The van der Waals surface area contributed by atoms with Crippen molar-refractivity contribution in [3.05, 3.63) is 41.8 Å². The number of hydrogen-bond acceptors (Lipinski definition) is 4. The molecule has 0 radical (unpaired) electrons. The summed E-state index contributed by atoms with van der Waals surface area (Å²) in [5.41, 5.74) is 8.83. The molecule has 1 heterocycles. The molecule has 144 valence electrons. The molecule has 1 aromatic rings. The first kappa shape index (κ1) is 19.8. The van der Waals surface area contributed by atoms with Crippen molar-refractivity contribution in [1.82, 2.24) is 9.56 Å². The van der Waals surface area contributed by atoms with Crippen LogP contribution in [0.4, 0.5) is 5.69 Å². The van der Waals surface area contributed by atoms with Crippen molar-refractivity contribution in [1.29, 1.82) is 0 Å². The van der Waals surface area contributed by atoms with Gasteiger partial charge in [-0.25, -0.2) is 9.56 Å². The third-order valence-corrected chi connectivity index (χ3v) is 5.86. The highest BCUT2D eigenvalue weighted by Gasteiger charge is 2.11. The maximum Gasteiger partial charge on any atom is 0.201 e. The van der Waals surface area contributed by atoms with Crippen LogP contribution >= 0.6 is 11.3 Å². The highest BCUT2D eigenvalue weighted by molar-refractivity contribution is 7.21. The molecule has 3 N–H and O–H groups in total. The van der Waals surface area contributed by atoms with E-state index in [1.54, 1.807) is 0 Å². The molecule has 1 aliphatic heterocycles. The summed E-state index contributed by atoms with van der Waals surface area (Å²) in [5.74, 6) is 0. The molecule has 0 saturated heterocycles. The molecule has 1 aromatic carbocycles. The predicted molar refractivity (Wildman–Crippen MR) is 119 cm³/mol. The van der Waals surface area contributed by atoms with Gasteiger partial charge in [0.2, 0.25) is 5.36 Å². The molecule has 0 bridgehead atoms. The van der Waals surface area contributed by atoms with E-state index in [-0.39, 0.29) is 0 Å². The second kappa shape index (κ2) is 9.81. The van der Waals surface area contributed by atoms with Gasteiger partial charge in [0.05, 0.1) is 20.8 Å². The van der Waals surface area contributed by atoms with E-state index in [1.165, 1.54) is 40.6 Å². The molecule has 0 saturated carbocycles. The fourth-order valence-corrected chi connectivity index (χ4v) is 4.24. The quantitative estimate of drug-likeness (QED) is 0.431. The number of rotatable bonds is 9. The van der Waals surface area contributed by atoms with E-state index in [4.69, 9.17) is 10.7 Å². The van der Waals surface area contributed by atoms with E-state index >= 15 is 0 Å². The number of anilines is 1. The molecule has 5 heteroatoms. The van der Waals surface area contributed by atoms with Gasteiger partial charge in [-0.3, -0.25) is 0 Å². The van der Waals surface area contributed by atoms with Crippen LogP contribution in [-0.2, 0) is 0 Å². The highest BCUT2D eigenvalue weighted by atomic mass is 32.1. The molecule has 3 rings (SSSR count). The van der Waals surface area contributed by atoms with Gasteiger partial charge in [-0.05, 0) is 24.3 Å². The van der Waals surface area contributed by atoms with Crippen LogP contribution in [-0.4, -0.2) is 31.2 Å². The van der Waals surface area contributed by atoms with E-state index in [2.05, 4.69) is 60.1 Å². The lowest BCUT2D eigenvalue weighted by Gasteiger charge is -2.09. The van der Waals surface area contributed by atoms with Crippen LogP contribution in [0.25, 0.3) is 20.8 Å². The van der Waals surface area contributed by atoms with Gasteiger partial charge in [-0.1, -0.05) is 26.7 Å². The molecule has 0 unspecified atom stereocenters. The van der Waals surface area contributed by atoms with E-state index in [0.717, 1.165) is 36.5 Å². The van der Waals surface area contributed by atoms with E-state index in [1.807, 2.05) is 11.3 Å². The Labute approximate surface area is 166 Å². The zero-order valence-electron chi connectivity index (χ0n) is 16.5. The monoisotopic (exact) mass is 383 g/mol. The minimum atomic E-state index is 0.631. The molecular formula is C22H31N4S+. The summed E-state index contributed by atoms with van der Waals surface area (Å²) in [6.07, 6.45) is 4.92. The molecule has 0 spiro atoms. The van der Waals surface area contributed by atoms with Crippen LogP contribution in [0, 0.1) is 0 Å². The van der Waals surface area contributed by atoms with Gasteiger partial charge in [-0.15, -0.1) is 11.3 Å². The van der Waals surface area contributed by atoms with Crippen molar-refractivity contribution < 1.29 is 0 Å². The first-order valence-electron chi connectivity index (χ1n) is 10.1. The highest BCUT2D eigenvalue weighted by Crippen LogP contribution is 2.30. The first-order valence-corrected chi connectivity index (χ1v) is 10.9. The Balaban J connectivity index is 2.04. The molecule has 0 fully saturated rings. The number of nitrogens with one attached hydrogen (secondary N) is 1. The molecule has 27 heavy (non-hydrogen) atoms. The summed E-state index contributed by atoms with van der Waals surface area (Å²) in [6, 6.07) is 13.1. The standard InChI is InChI=1S/C22H30N4S/c1-3-5-13-26(14-6-4-2)18-8-10-20-22(16-18)27-21-15-17(24-12-11-23)7-9-19(21)25-20/h7-10,15-16H,3-6,11-14,23H2,1-2H3/p+1. The van der Waals surface area contributed by atoms with Crippen LogP contribution in [0.1, 0.15) is 39.5 Å².